The number of benzene rings is 3. The standard InChI is InChI=1S/C28H30N4O/c1-3-7-21(8-4-1)19-32(20-22-9-5-2-6-10-22)24-11-12-27-25(17-24)30-28(33-27)26-18-29-23-13-15-31(26)16-14-23/h1-12,17,23,26,29H,13-16,18-20H2. The molecule has 4 heterocycles. The molecule has 2 bridgehead atoms. The summed E-state index contributed by atoms with van der Waals surface area (Å²) in [6.45, 7) is 4.84. The van der Waals surface area contributed by atoms with E-state index in [9.17, 15) is 0 Å². The van der Waals surface area contributed by atoms with Crippen LogP contribution in [-0.4, -0.2) is 35.6 Å². The number of rotatable bonds is 6. The number of anilines is 1. The van der Waals surface area contributed by atoms with Gasteiger partial charge in [-0.25, -0.2) is 4.98 Å². The Labute approximate surface area is 195 Å². The van der Waals surface area contributed by atoms with Crippen LogP contribution in [0.4, 0.5) is 5.69 Å². The molecule has 5 nitrogen and oxygen atoms in total. The molecule has 4 aromatic rings. The molecule has 0 amide bonds. The molecule has 3 aliphatic heterocycles. The van der Waals surface area contributed by atoms with E-state index in [0.717, 1.165) is 55.4 Å². The third-order valence-corrected chi connectivity index (χ3v) is 7.04. The van der Waals surface area contributed by atoms with Crippen LogP contribution in [0, 0.1) is 0 Å². The average Bonchev–Trinajstić information content (AvgIpc) is 3.05. The van der Waals surface area contributed by atoms with E-state index in [1.807, 2.05) is 0 Å². The van der Waals surface area contributed by atoms with Gasteiger partial charge in [-0.05, 0) is 42.2 Å². The predicted molar refractivity (Wildman–Crippen MR) is 132 cm³/mol. The molecule has 7 rings (SSSR count). The van der Waals surface area contributed by atoms with Crippen LogP contribution >= 0.6 is 0 Å². The maximum absolute atomic E-state index is 6.27. The second kappa shape index (κ2) is 9.00. The largest absolute Gasteiger partial charge is 0.439 e. The Morgan fingerprint density at radius 2 is 1.55 bits per heavy atom. The molecule has 1 N–H and O–H groups in total. The Hall–Kier alpha value is -3.15. The number of hydrogen-bond acceptors (Lipinski definition) is 5. The zero-order valence-corrected chi connectivity index (χ0v) is 18.9. The highest BCUT2D eigenvalue weighted by molar-refractivity contribution is 5.77. The summed E-state index contributed by atoms with van der Waals surface area (Å²) in [5, 5.41) is 3.70. The lowest BCUT2D eigenvalue weighted by atomic mass is 10.1. The highest BCUT2D eigenvalue weighted by Crippen LogP contribution is 2.31. The molecule has 168 valence electrons. The first-order valence-corrected chi connectivity index (χ1v) is 12.0. The zero-order valence-electron chi connectivity index (χ0n) is 18.9. The quantitative estimate of drug-likeness (QED) is 0.451. The third-order valence-electron chi connectivity index (χ3n) is 7.04. The van der Waals surface area contributed by atoms with Gasteiger partial charge in [0.1, 0.15) is 5.52 Å². The van der Waals surface area contributed by atoms with Crippen LogP contribution in [0.3, 0.4) is 0 Å². The van der Waals surface area contributed by atoms with Crippen LogP contribution in [0.2, 0.25) is 0 Å². The lowest BCUT2D eigenvalue weighted by molar-refractivity contribution is 0.168. The Kier molecular flexibility index (Phi) is 5.58. The van der Waals surface area contributed by atoms with Crippen LogP contribution in [0.1, 0.15) is 35.9 Å². The Morgan fingerprint density at radius 1 is 0.879 bits per heavy atom. The second-order valence-electron chi connectivity index (χ2n) is 9.27. The van der Waals surface area contributed by atoms with Crippen LogP contribution in [0.15, 0.2) is 83.3 Å². The van der Waals surface area contributed by atoms with E-state index in [1.165, 1.54) is 24.0 Å². The van der Waals surface area contributed by atoms with E-state index in [-0.39, 0.29) is 6.04 Å². The SMILES string of the molecule is c1ccc(CN(Cc2ccccc2)c2ccc3oc(C4CNC5CCN4CC5)nc3c2)cc1. The number of aromatic nitrogens is 1. The lowest BCUT2D eigenvalue weighted by Gasteiger charge is -2.29. The van der Waals surface area contributed by atoms with Gasteiger partial charge < -0.3 is 14.6 Å². The molecule has 1 atom stereocenters. The fourth-order valence-electron chi connectivity index (χ4n) is 5.19. The summed E-state index contributed by atoms with van der Waals surface area (Å²) in [4.78, 5) is 9.92. The fraction of sp³-hybridized carbons (Fsp3) is 0.321. The molecule has 5 heteroatoms. The van der Waals surface area contributed by atoms with Crippen molar-refractivity contribution in [2.45, 2.75) is 38.0 Å². The fourth-order valence-corrected chi connectivity index (χ4v) is 5.19. The summed E-state index contributed by atoms with van der Waals surface area (Å²) in [6, 6.07) is 28.6. The summed E-state index contributed by atoms with van der Waals surface area (Å²) in [6.07, 6.45) is 2.43. The molecular weight excluding hydrogens is 408 g/mol. The summed E-state index contributed by atoms with van der Waals surface area (Å²) >= 11 is 0. The van der Waals surface area contributed by atoms with Gasteiger partial charge in [-0.2, -0.15) is 0 Å². The number of nitrogens with one attached hydrogen (secondary N) is 1. The minimum Gasteiger partial charge on any atom is -0.439 e. The van der Waals surface area contributed by atoms with Crippen molar-refractivity contribution >= 4 is 16.8 Å². The molecule has 3 saturated heterocycles. The molecule has 3 fully saturated rings. The van der Waals surface area contributed by atoms with Crippen molar-refractivity contribution < 1.29 is 4.42 Å². The highest BCUT2D eigenvalue weighted by Gasteiger charge is 2.33. The minimum absolute atomic E-state index is 0.220. The maximum atomic E-state index is 6.27. The lowest BCUT2D eigenvalue weighted by Crippen LogP contribution is -2.35. The Bertz CT molecular complexity index is 1160. The normalized spacial score (nSPS) is 22.4. The molecule has 3 aliphatic rings. The maximum Gasteiger partial charge on any atom is 0.214 e. The van der Waals surface area contributed by atoms with E-state index in [4.69, 9.17) is 9.40 Å². The van der Waals surface area contributed by atoms with Gasteiger partial charge in [0.05, 0.1) is 6.04 Å². The number of nitrogens with zero attached hydrogens (tertiary/aromatic N) is 3. The topological polar surface area (TPSA) is 44.5 Å². The van der Waals surface area contributed by atoms with Gasteiger partial charge in [-0.15, -0.1) is 0 Å². The number of fused-ring (bicyclic) bond motifs is 5. The van der Waals surface area contributed by atoms with Crippen LogP contribution in [0.5, 0.6) is 0 Å². The van der Waals surface area contributed by atoms with Crippen molar-refractivity contribution in [3.8, 4) is 0 Å². The summed E-state index contributed by atoms with van der Waals surface area (Å²) in [5.74, 6) is 0.842. The molecule has 0 radical (unpaired) electrons. The molecule has 0 aliphatic carbocycles. The molecule has 0 spiro atoms. The first kappa shape index (κ1) is 20.5. The number of piperidine rings is 1. The van der Waals surface area contributed by atoms with E-state index in [2.05, 4.69) is 94.0 Å². The van der Waals surface area contributed by atoms with Gasteiger partial charge in [0, 0.05) is 44.5 Å². The van der Waals surface area contributed by atoms with Gasteiger partial charge >= 0.3 is 0 Å². The molecule has 0 saturated carbocycles. The van der Waals surface area contributed by atoms with Gasteiger partial charge in [-0.1, -0.05) is 60.7 Å². The van der Waals surface area contributed by atoms with Crippen LogP contribution in [-0.2, 0) is 13.1 Å². The van der Waals surface area contributed by atoms with Crippen molar-refractivity contribution in [3.63, 3.8) is 0 Å². The molecular formula is C28H30N4O. The van der Waals surface area contributed by atoms with Crippen molar-refractivity contribution in [2.75, 3.05) is 24.5 Å². The monoisotopic (exact) mass is 438 g/mol. The third kappa shape index (κ3) is 4.39. The summed E-state index contributed by atoms with van der Waals surface area (Å²) in [7, 11) is 0. The Balaban J connectivity index is 1.31. The first-order chi connectivity index (χ1) is 16.3. The number of oxazole rings is 1. The van der Waals surface area contributed by atoms with Gasteiger partial charge in [0.15, 0.2) is 5.58 Å². The van der Waals surface area contributed by atoms with Gasteiger partial charge in [0.2, 0.25) is 5.89 Å². The second-order valence-corrected chi connectivity index (χ2v) is 9.27. The number of hydrogen-bond donors (Lipinski definition) is 1. The van der Waals surface area contributed by atoms with Crippen molar-refractivity contribution in [1.29, 1.82) is 0 Å². The van der Waals surface area contributed by atoms with Crippen molar-refractivity contribution in [3.05, 3.63) is 95.9 Å². The highest BCUT2D eigenvalue weighted by atomic mass is 16.3. The van der Waals surface area contributed by atoms with Gasteiger partial charge in [-0.3, -0.25) is 4.90 Å². The molecule has 1 unspecified atom stereocenters. The van der Waals surface area contributed by atoms with Crippen molar-refractivity contribution in [1.82, 2.24) is 15.2 Å². The van der Waals surface area contributed by atoms with E-state index < -0.39 is 0 Å². The Morgan fingerprint density at radius 3 is 2.21 bits per heavy atom. The predicted octanol–water partition coefficient (Wildman–Crippen LogP) is 5.14. The van der Waals surface area contributed by atoms with Crippen LogP contribution < -0.4 is 10.2 Å². The smallest absolute Gasteiger partial charge is 0.214 e. The van der Waals surface area contributed by atoms with E-state index in [0.29, 0.717) is 6.04 Å². The zero-order chi connectivity index (χ0) is 22.0. The molecule has 1 aromatic heterocycles. The summed E-state index contributed by atoms with van der Waals surface area (Å²) in [5.41, 5.74) is 5.56. The van der Waals surface area contributed by atoms with E-state index in [1.54, 1.807) is 0 Å². The first-order valence-electron chi connectivity index (χ1n) is 12.0. The van der Waals surface area contributed by atoms with E-state index >= 15 is 0 Å². The van der Waals surface area contributed by atoms with Gasteiger partial charge in [0.25, 0.3) is 0 Å². The van der Waals surface area contributed by atoms with Crippen molar-refractivity contribution in [2.24, 2.45) is 0 Å². The molecule has 33 heavy (non-hydrogen) atoms. The average molecular weight is 439 g/mol. The summed E-state index contributed by atoms with van der Waals surface area (Å²) < 4.78 is 6.27. The van der Waals surface area contributed by atoms with Crippen LogP contribution in [0.25, 0.3) is 11.1 Å². The molecule has 3 aromatic carbocycles. The minimum atomic E-state index is 0.220.